The van der Waals surface area contributed by atoms with E-state index in [4.69, 9.17) is 4.74 Å². The van der Waals surface area contributed by atoms with Gasteiger partial charge in [0.1, 0.15) is 17.4 Å². The van der Waals surface area contributed by atoms with Gasteiger partial charge >= 0.3 is 0 Å². The molecule has 32 heavy (non-hydrogen) atoms. The number of benzene rings is 2. The second-order valence-electron chi connectivity index (χ2n) is 8.91. The van der Waals surface area contributed by atoms with Gasteiger partial charge in [0.05, 0.1) is 12.5 Å². The SMILES string of the molecule is COc1ccc(C2(C(=O)N3CCc4nnc(Cc5ccccc5)n4CC3)CCCC2)cc1. The van der Waals surface area contributed by atoms with Gasteiger partial charge < -0.3 is 14.2 Å². The number of nitrogens with zero attached hydrogens (tertiary/aromatic N) is 4. The second-order valence-corrected chi connectivity index (χ2v) is 8.91. The van der Waals surface area contributed by atoms with Crippen LogP contribution in [0.5, 0.6) is 5.75 Å². The molecule has 0 N–H and O–H groups in total. The summed E-state index contributed by atoms with van der Waals surface area (Å²) in [5.74, 6) is 3.05. The number of amides is 1. The van der Waals surface area contributed by atoms with Crippen LogP contribution in [-0.4, -0.2) is 45.8 Å². The van der Waals surface area contributed by atoms with Gasteiger partial charge in [0.25, 0.3) is 0 Å². The fourth-order valence-electron chi connectivity index (χ4n) is 5.31. The monoisotopic (exact) mass is 430 g/mol. The van der Waals surface area contributed by atoms with Crippen molar-refractivity contribution < 1.29 is 9.53 Å². The van der Waals surface area contributed by atoms with E-state index in [9.17, 15) is 4.79 Å². The first kappa shape index (κ1) is 20.7. The summed E-state index contributed by atoms with van der Waals surface area (Å²) < 4.78 is 7.55. The number of fused-ring (bicyclic) bond motifs is 1. The topological polar surface area (TPSA) is 60.2 Å². The zero-order valence-corrected chi connectivity index (χ0v) is 18.7. The molecule has 2 heterocycles. The molecule has 6 heteroatoms. The average molecular weight is 431 g/mol. The molecule has 1 aliphatic carbocycles. The Kier molecular flexibility index (Phi) is 5.68. The summed E-state index contributed by atoms with van der Waals surface area (Å²) in [7, 11) is 1.67. The molecule has 1 fully saturated rings. The first-order valence-electron chi connectivity index (χ1n) is 11.6. The summed E-state index contributed by atoms with van der Waals surface area (Å²) in [5.41, 5.74) is 1.93. The zero-order chi connectivity index (χ0) is 22.0. The molecule has 2 aliphatic rings. The van der Waals surface area contributed by atoms with Crippen LogP contribution in [-0.2, 0) is 29.6 Å². The molecule has 2 aromatic carbocycles. The summed E-state index contributed by atoms with van der Waals surface area (Å²) in [6, 6.07) is 18.5. The molecule has 1 aliphatic heterocycles. The van der Waals surface area contributed by atoms with Crippen LogP contribution in [0.25, 0.3) is 0 Å². The van der Waals surface area contributed by atoms with Gasteiger partial charge in [0.2, 0.25) is 5.91 Å². The van der Waals surface area contributed by atoms with Crippen molar-refractivity contribution in [3.05, 3.63) is 77.4 Å². The number of methoxy groups -OCH3 is 1. The highest BCUT2D eigenvalue weighted by Crippen LogP contribution is 2.43. The third-order valence-corrected chi connectivity index (χ3v) is 7.10. The van der Waals surface area contributed by atoms with E-state index in [0.29, 0.717) is 13.1 Å². The molecular weight excluding hydrogens is 400 g/mol. The maximum Gasteiger partial charge on any atom is 0.233 e. The standard InChI is InChI=1S/C26H30N4O2/c1-32-22-11-9-21(10-12-22)26(14-5-6-15-26)25(31)29-16-13-23-27-28-24(30(23)18-17-29)19-20-7-3-2-4-8-20/h2-4,7-12H,5-6,13-19H2,1H3. The summed E-state index contributed by atoms with van der Waals surface area (Å²) >= 11 is 0. The molecule has 6 nitrogen and oxygen atoms in total. The first-order chi connectivity index (χ1) is 15.7. The number of aromatic nitrogens is 3. The molecular formula is C26H30N4O2. The number of carbonyl (C=O) groups is 1. The third-order valence-electron chi connectivity index (χ3n) is 7.10. The van der Waals surface area contributed by atoms with Gasteiger partial charge in [-0.2, -0.15) is 0 Å². The van der Waals surface area contributed by atoms with Gasteiger partial charge in [-0.3, -0.25) is 4.79 Å². The van der Waals surface area contributed by atoms with Crippen LogP contribution in [0.3, 0.4) is 0 Å². The third kappa shape index (κ3) is 3.78. The van der Waals surface area contributed by atoms with Crippen molar-refractivity contribution >= 4 is 5.91 Å². The number of hydrogen-bond donors (Lipinski definition) is 0. The average Bonchev–Trinajstić information content (AvgIpc) is 3.42. The highest BCUT2D eigenvalue weighted by atomic mass is 16.5. The summed E-state index contributed by atoms with van der Waals surface area (Å²) in [6.45, 7) is 2.14. The molecule has 1 aromatic heterocycles. The minimum absolute atomic E-state index is 0.267. The molecule has 1 saturated carbocycles. The first-order valence-corrected chi connectivity index (χ1v) is 11.6. The van der Waals surface area contributed by atoms with Crippen LogP contribution < -0.4 is 4.74 Å². The van der Waals surface area contributed by atoms with Crippen LogP contribution in [0, 0.1) is 0 Å². The second kappa shape index (κ2) is 8.77. The van der Waals surface area contributed by atoms with Crippen molar-refractivity contribution in [2.24, 2.45) is 0 Å². The van der Waals surface area contributed by atoms with E-state index in [-0.39, 0.29) is 5.91 Å². The molecule has 1 amide bonds. The highest BCUT2D eigenvalue weighted by molar-refractivity contribution is 5.88. The maximum absolute atomic E-state index is 13.9. The molecule has 3 aromatic rings. The van der Waals surface area contributed by atoms with E-state index < -0.39 is 5.41 Å². The van der Waals surface area contributed by atoms with Gasteiger partial charge in [0, 0.05) is 32.5 Å². The van der Waals surface area contributed by atoms with Crippen molar-refractivity contribution in [1.29, 1.82) is 0 Å². The summed E-state index contributed by atoms with van der Waals surface area (Å²) in [4.78, 5) is 16.0. The highest BCUT2D eigenvalue weighted by Gasteiger charge is 2.45. The fourth-order valence-corrected chi connectivity index (χ4v) is 5.31. The smallest absolute Gasteiger partial charge is 0.233 e. The minimum Gasteiger partial charge on any atom is -0.497 e. The Bertz CT molecular complexity index is 1070. The predicted molar refractivity (Wildman–Crippen MR) is 123 cm³/mol. The van der Waals surface area contributed by atoms with Gasteiger partial charge in [-0.1, -0.05) is 55.3 Å². The van der Waals surface area contributed by atoms with Crippen LogP contribution in [0.2, 0.25) is 0 Å². The molecule has 0 spiro atoms. The van der Waals surface area contributed by atoms with Crippen LogP contribution in [0.15, 0.2) is 54.6 Å². The molecule has 0 unspecified atom stereocenters. The van der Waals surface area contributed by atoms with Gasteiger partial charge in [-0.25, -0.2) is 0 Å². The van der Waals surface area contributed by atoms with E-state index in [1.54, 1.807) is 7.11 Å². The Morgan fingerprint density at radius 3 is 2.44 bits per heavy atom. The molecule has 0 bridgehead atoms. The van der Waals surface area contributed by atoms with Crippen molar-refractivity contribution in [1.82, 2.24) is 19.7 Å². The molecule has 0 atom stereocenters. The van der Waals surface area contributed by atoms with Gasteiger partial charge in [0.15, 0.2) is 0 Å². The quantitative estimate of drug-likeness (QED) is 0.618. The van der Waals surface area contributed by atoms with Crippen molar-refractivity contribution in [2.45, 2.75) is 50.5 Å². The zero-order valence-electron chi connectivity index (χ0n) is 18.7. The molecule has 5 rings (SSSR count). The fraction of sp³-hybridized carbons (Fsp3) is 0.423. The Morgan fingerprint density at radius 1 is 0.969 bits per heavy atom. The van der Waals surface area contributed by atoms with Crippen molar-refractivity contribution in [3.63, 3.8) is 0 Å². The Balaban J connectivity index is 1.35. The molecule has 0 radical (unpaired) electrons. The van der Waals surface area contributed by atoms with E-state index in [2.05, 4.69) is 56.1 Å². The van der Waals surface area contributed by atoms with Gasteiger partial charge in [-0.05, 0) is 36.1 Å². The largest absolute Gasteiger partial charge is 0.497 e. The number of rotatable bonds is 5. The predicted octanol–water partition coefficient (Wildman–Crippen LogP) is 3.77. The Hall–Kier alpha value is -3.15. The van der Waals surface area contributed by atoms with Crippen LogP contribution in [0.1, 0.15) is 48.5 Å². The molecule has 166 valence electrons. The maximum atomic E-state index is 13.9. The lowest BCUT2D eigenvalue weighted by molar-refractivity contribution is -0.137. The number of ether oxygens (including phenoxy) is 1. The number of carbonyl (C=O) groups excluding carboxylic acids is 1. The van der Waals surface area contributed by atoms with Gasteiger partial charge in [-0.15, -0.1) is 10.2 Å². The van der Waals surface area contributed by atoms with Crippen molar-refractivity contribution in [3.8, 4) is 5.75 Å². The summed E-state index contributed by atoms with van der Waals surface area (Å²) in [5, 5.41) is 8.92. The minimum atomic E-state index is -0.413. The van der Waals surface area contributed by atoms with Crippen LogP contribution >= 0.6 is 0 Å². The van der Waals surface area contributed by atoms with E-state index in [0.717, 1.165) is 68.0 Å². The Morgan fingerprint density at radius 2 is 1.72 bits per heavy atom. The summed E-state index contributed by atoms with van der Waals surface area (Å²) in [6.07, 6.45) is 5.53. The normalized spacial score (nSPS) is 17.6. The lowest BCUT2D eigenvalue weighted by atomic mass is 9.77. The molecule has 0 saturated heterocycles. The lowest BCUT2D eigenvalue weighted by Gasteiger charge is -2.34. The Labute approximate surface area is 189 Å². The lowest BCUT2D eigenvalue weighted by Crippen LogP contribution is -2.46. The van der Waals surface area contributed by atoms with E-state index in [1.165, 1.54) is 5.56 Å². The van der Waals surface area contributed by atoms with E-state index >= 15 is 0 Å². The van der Waals surface area contributed by atoms with Crippen LogP contribution in [0.4, 0.5) is 0 Å². The number of hydrogen-bond acceptors (Lipinski definition) is 4. The van der Waals surface area contributed by atoms with E-state index in [1.807, 2.05) is 18.2 Å². The van der Waals surface area contributed by atoms with Crippen molar-refractivity contribution in [2.75, 3.05) is 20.2 Å².